The summed E-state index contributed by atoms with van der Waals surface area (Å²) in [6.45, 7) is 8.25. The molecule has 0 rings (SSSR count). The van der Waals surface area contributed by atoms with Gasteiger partial charge < -0.3 is 0 Å². The van der Waals surface area contributed by atoms with Crippen LogP contribution in [0.3, 0.4) is 0 Å². The molecule has 0 aromatic rings. The van der Waals surface area contributed by atoms with Crippen LogP contribution in [0.1, 0.15) is 34.1 Å². The van der Waals surface area contributed by atoms with Crippen LogP contribution in [0.5, 0.6) is 0 Å². The molecule has 0 amide bonds. The van der Waals surface area contributed by atoms with E-state index in [-0.39, 0.29) is 0 Å². The van der Waals surface area contributed by atoms with Crippen molar-refractivity contribution in [2.45, 2.75) is 34.1 Å². The predicted molar refractivity (Wildman–Crippen MR) is 34.3 cm³/mol. The van der Waals surface area contributed by atoms with E-state index in [2.05, 4.69) is 13.8 Å². The van der Waals surface area contributed by atoms with E-state index < -0.39 is 0 Å². The van der Waals surface area contributed by atoms with Crippen LogP contribution < -0.4 is 0 Å². The molecule has 0 aliphatic heterocycles. The van der Waals surface area contributed by atoms with Gasteiger partial charge in [-0.3, -0.25) is 4.39 Å². The molecule has 0 aliphatic rings. The molecule has 7 heavy (non-hydrogen) atoms. The highest BCUT2D eigenvalue weighted by molar-refractivity contribution is 3.92. The number of alkyl halides is 1. The van der Waals surface area contributed by atoms with Crippen molar-refractivity contribution in [3.8, 4) is 0 Å². The van der Waals surface area contributed by atoms with Gasteiger partial charge in [0, 0.05) is 0 Å². The Bertz CT molecular complexity index is 4.14. The fourth-order valence-corrected chi connectivity index (χ4v) is 0. The van der Waals surface area contributed by atoms with Crippen molar-refractivity contribution in [3.05, 3.63) is 0 Å². The van der Waals surface area contributed by atoms with Gasteiger partial charge in [0.15, 0.2) is 0 Å². The van der Waals surface area contributed by atoms with Crippen LogP contribution in [-0.2, 0) is 0 Å². The maximum Gasteiger partial charge on any atom is 0.0785 e. The molecule has 0 atom stereocenters. The lowest BCUT2D eigenvalue weighted by Crippen LogP contribution is -1.27. The van der Waals surface area contributed by atoms with Crippen molar-refractivity contribution in [1.82, 2.24) is 0 Å². The Balaban J connectivity index is -0.0000000360. The van der Waals surface area contributed by atoms with Gasteiger partial charge in [-0.05, 0) is 0 Å². The second-order valence-corrected chi connectivity index (χ2v) is 0.707. The molecule has 0 fully saturated rings. The van der Waals surface area contributed by atoms with Gasteiger partial charge in [0.05, 0.1) is 7.18 Å². The summed E-state index contributed by atoms with van der Waals surface area (Å²) in [5.74, 6) is 0. The van der Waals surface area contributed by atoms with Gasteiger partial charge in [-0.25, -0.2) is 0 Å². The first-order valence-electron chi connectivity index (χ1n) is 2.79. The van der Waals surface area contributed by atoms with Gasteiger partial charge in [-0.15, -0.1) is 0 Å². The second-order valence-electron chi connectivity index (χ2n) is 0.707. The zero-order valence-electron chi connectivity index (χ0n) is 6.09. The molecular formula is C6H17F. The van der Waals surface area contributed by atoms with Gasteiger partial charge >= 0.3 is 0 Å². The van der Waals surface area contributed by atoms with Crippen molar-refractivity contribution in [2.24, 2.45) is 0 Å². The van der Waals surface area contributed by atoms with Crippen LogP contribution in [0.2, 0.25) is 0 Å². The highest BCUT2D eigenvalue weighted by Crippen LogP contribution is 1.56. The second kappa shape index (κ2) is 167. The number of hydrogen-bond donors (Lipinski definition) is 0. The molecule has 1 heteroatoms. The minimum absolute atomic E-state index is 0.500. The van der Waals surface area contributed by atoms with Crippen LogP contribution in [0.4, 0.5) is 4.39 Å². The molecule has 0 N–H and O–H groups in total. The summed E-state index contributed by atoms with van der Waals surface area (Å²) in [4.78, 5) is 0. The van der Waals surface area contributed by atoms with E-state index in [4.69, 9.17) is 0 Å². The monoisotopic (exact) mass is 108 g/mol. The van der Waals surface area contributed by atoms with E-state index in [1.54, 1.807) is 0 Å². The minimum atomic E-state index is 0.500. The molecule has 0 saturated heterocycles. The van der Waals surface area contributed by atoms with Gasteiger partial charge in [-0.2, -0.15) is 0 Å². The Morgan fingerprint density at radius 3 is 1.00 bits per heavy atom. The zero-order valence-corrected chi connectivity index (χ0v) is 6.09. The first-order chi connectivity index (χ1) is 3.41. The number of halogens is 1. The lowest BCUT2D eigenvalue weighted by molar-refractivity contribution is 0.636. The van der Waals surface area contributed by atoms with Crippen LogP contribution in [0, 0.1) is 0 Å². The Labute approximate surface area is 46.7 Å². The lowest BCUT2D eigenvalue weighted by Gasteiger charge is -1.48. The van der Waals surface area contributed by atoms with Crippen molar-refractivity contribution < 1.29 is 4.39 Å². The van der Waals surface area contributed by atoms with E-state index in [1.165, 1.54) is 6.42 Å². The van der Waals surface area contributed by atoms with Crippen molar-refractivity contribution >= 4 is 0 Å². The fraction of sp³-hybridized carbons (Fsp3) is 1.00. The summed E-state index contributed by atoms with van der Waals surface area (Å²) < 4.78 is 9.50. The number of hydrogen-bond acceptors (Lipinski definition) is 0. The summed E-state index contributed by atoms with van der Waals surface area (Å²) in [7, 11) is 0.500. The van der Waals surface area contributed by atoms with Crippen LogP contribution in [0.15, 0.2) is 0 Å². The number of rotatable bonds is 0. The molecule has 48 valence electrons. The molecule has 0 spiro atoms. The van der Waals surface area contributed by atoms with Crippen LogP contribution in [0.25, 0.3) is 0 Å². The largest absolute Gasteiger partial charge is 0.255 e. The Morgan fingerprint density at radius 1 is 1.00 bits per heavy atom. The SMILES string of the molecule is CC.CCC.CF. The van der Waals surface area contributed by atoms with Crippen molar-refractivity contribution in [3.63, 3.8) is 0 Å². The summed E-state index contributed by atoms with van der Waals surface area (Å²) in [6, 6.07) is 0. The quantitative estimate of drug-likeness (QED) is 0.447. The topological polar surface area (TPSA) is 0 Å². The Morgan fingerprint density at radius 2 is 1.00 bits per heavy atom. The summed E-state index contributed by atoms with van der Waals surface area (Å²) in [5, 5.41) is 0. The molecular weight excluding hydrogens is 91.1 g/mol. The molecule has 0 aromatic carbocycles. The third kappa shape index (κ3) is 18700. The summed E-state index contributed by atoms with van der Waals surface area (Å²) >= 11 is 0. The molecule has 0 unspecified atom stereocenters. The smallest absolute Gasteiger partial charge is 0.0785 e. The normalized spacial score (nSPS) is 4.29. The molecule has 0 heterocycles. The lowest BCUT2D eigenvalue weighted by atomic mass is 10.6. The van der Waals surface area contributed by atoms with Crippen LogP contribution >= 0.6 is 0 Å². The third-order valence-corrected chi connectivity index (χ3v) is 0. The van der Waals surface area contributed by atoms with Crippen molar-refractivity contribution in [2.75, 3.05) is 7.18 Å². The van der Waals surface area contributed by atoms with Gasteiger partial charge in [-0.1, -0.05) is 34.1 Å². The molecule has 0 nitrogen and oxygen atoms in total. The predicted octanol–water partition coefficient (Wildman–Crippen LogP) is 3.03. The average molecular weight is 108 g/mol. The first-order valence-corrected chi connectivity index (χ1v) is 2.79. The van der Waals surface area contributed by atoms with E-state index in [1.807, 2.05) is 13.8 Å². The van der Waals surface area contributed by atoms with Crippen molar-refractivity contribution in [1.29, 1.82) is 0 Å². The zero-order chi connectivity index (χ0) is 6.71. The summed E-state index contributed by atoms with van der Waals surface area (Å²) in [5.41, 5.74) is 0. The molecule has 0 bridgehead atoms. The third-order valence-electron chi connectivity index (χ3n) is 0. The van der Waals surface area contributed by atoms with E-state index >= 15 is 0 Å². The standard InChI is InChI=1S/C3H8.C2H6.CH3F/c1-3-2;2*1-2/h3H2,1-2H3;1-2H3;1H3. The molecule has 0 radical (unpaired) electrons. The first kappa shape index (κ1) is 15.8. The maximum absolute atomic E-state index is 9.50. The maximum atomic E-state index is 9.50. The van der Waals surface area contributed by atoms with Gasteiger partial charge in [0.1, 0.15) is 0 Å². The highest BCUT2D eigenvalue weighted by atomic mass is 19.1. The van der Waals surface area contributed by atoms with E-state index in [0.29, 0.717) is 7.18 Å². The molecule has 0 aromatic heterocycles. The van der Waals surface area contributed by atoms with Gasteiger partial charge in [0.2, 0.25) is 0 Å². The highest BCUT2D eigenvalue weighted by Gasteiger charge is 1.35. The molecule has 0 saturated carbocycles. The average Bonchev–Trinajstić information content (AvgIpc) is 1.78. The summed E-state index contributed by atoms with van der Waals surface area (Å²) in [6.07, 6.45) is 1.25. The Kier molecular flexibility index (Phi) is 376. The fourth-order valence-electron chi connectivity index (χ4n) is 0. The molecule has 0 aliphatic carbocycles. The Hall–Kier alpha value is -0.0700. The van der Waals surface area contributed by atoms with E-state index in [9.17, 15) is 4.39 Å². The van der Waals surface area contributed by atoms with Crippen LogP contribution in [-0.4, -0.2) is 7.18 Å². The minimum Gasteiger partial charge on any atom is -0.255 e. The van der Waals surface area contributed by atoms with E-state index in [0.717, 1.165) is 0 Å². The van der Waals surface area contributed by atoms with Gasteiger partial charge in [0.25, 0.3) is 0 Å².